The Kier molecular flexibility index (Phi) is 61.6. The Morgan fingerprint density at radius 3 is 0.689 bits per heavy atom. The van der Waals surface area contributed by atoms with Crippen LogP contribution < -0.4 is 0 Å². The lowest BCUT2D eigenvalue weighted by molar-refractivity contribution is -0.167. The summed E-state index contributed by atoms with van der Waals surface area (Å²) in [5, 5.41) is 0. The van der Waals surface area contributed by atoms with Crippen molar-refractivity contribution in [3.63, 3.8) is 0 Å². The lowest BCUT2D eigenvalue weighted by atomic mass is 10.0. The average molecular weight is 1040 g/mol. The third-order valence-electron chi connectivity index (χ3n) is 15.2. The van der Waals surface area contributed by atoms with Crippen LogP contribution in [0.2, 0.25) is 0 Å². The first-order valence-electron chi connectivity index (χ1n) is 33.3. The topological polar surface area (TPSA) is 78.9 Å². The quantitative estimate of drug-likeness (QED) is 0.0261. The highest BCUT2D eigenvalue weighted by atomic mass is 16.6. The maximum atomic E-state index is 12.9. The molecule has 0 aliphatic heterocycles. The van der Waals surface area contributed by atoms with Gasteiger partial charge in [0.05, 0.1) is 0 Å². The number of carbonyl (C=O) groups excluding carboxylic acids is 3. The Morgan fingerprint density at radius 1 is 0.257 bits per heavy atom. The molecule has 74 heavy (non-hydrogen) atoms. The number of carbonyl (C=O) groups is 3. The van der Waals surface area contributed by atoms with Gasteiger partial charge in [0.25, 0.3) is 0 Å². The average Bonchev–Trinajstić information content (AvgIpc) is 3.40. The first kappa shape index (κ1) is 71.9. The molecule has 0 heterocycles. The van der Waals surface area contributed by atoms with E-state index in [1.807, 2.05) is 0 Å². The Bertz CT molecular complexity index is 1190. The molecule has 0 aliphatic rings. The number of unbranched alkanes of at least 4 members (excludes halogenated alkanes) is 47. The van der Waals surface area contributed by atoms with Crippen LogP contribution in [0, 0.1) is 0 Å². The number of ether oxygens (including phenoxy) is 3. The fourth-order valence-electron chi connectivity index (χ4n) is 10.1. The summed E-state index contributed by atoms with van der Waals surface area (Å²) in [7, 11) is 0. The van der Waals surface area contributed by atoms with Gasteiger partial charge in [-0.15, -0.1) is 0 Å². The normalized spacial score (nSPS) is 12.1. The van der Waals surface area contributed by atoms with Gasteiger partial charge in [0, 0.05) is 19.3 Å². The molecule has 0 bridgehead atoms. The van der Waals surface area contributed by atoms with Gasteiger partial charge in [-0.1, -0.05) is 308 Å². The lowest BCUT2D eigenvalue weighted by Gasteiger charge is -2.18. The Hall–Kier alpha value is -2.11. The molecule has 0 aromatic heterocycles. The first-order chi connectivity index (χ1) is 36.5. The summed E-state index contributed by atoms with van der Waals surface area (Å²) < 4.78 is 16.9. The molecule has 0 fully saturated rings. The number of hydrogen-bond donors (Lipinski definition) is 0. The van der Waals surface area contributed by atoms with Crippen LogP contribution >= 0.6 is 0 Å². The highest BCUT2D eigenvalue weighted by molar-refractivity contribution is 5.71. The Labute approximate surface area is 462 Å². The van der Waals surface area contributed by atoms with Crippen LogP contribution in [0.15, 0.2) is 24.3 Å². The van der Waals surface area contributed by atoms with Gasteiger partial charge in [-0.3, -0.25) is 14.4 Å². The van der Waals surface area contributed by atoms with E-state index in [4.69, 9.17) is 14.2 Å². The van der Waals surface area contributed by atoms with Gasteiger partial charge in [0.1, 0.15) is 13.2 Å². The van der Waals surface area contributed by atoms with E-state index < -0.39 is 6.10 Å². The van der Waals surface area contributed by atoms with Gasteiger partial charge in [-0.25, -0.2) is 0 Å². The van der Waals surface area contributed by atoms with E-state index in [1.165, 1.54) is 270 Å². The van der Waals surface area contributed by atoms with Gasteiger partial charge in [0.15, 0.2) is 6.10 Å². The predicted molar refractivity (Wildman–Crippen MR) is 321 cm³/mol. The molecule has 0 amide bonds. The zero-order chi connectivity index (χ0) is 53.6. The molecule has 0 saturated heterocycles. The highest BCUT2D eigenvalue weighted by Crippen LogP contribution is 2.18. The minimum Gasteiger partial charge on any atom is -0.462 e. The van der Waals surface area contributed by atoms with Gasteiger partial charge >= 0.3 is 17.9 Å². The maximum Gasteiger partial charge on any atom is 0.306 e. The van der Waals surface area contributed by atoms with Crippen molar-refractivity contribution in [2.75, 3.05) is 13.2 Å². The van der Waals surface area contributed by atoms with E-state index in [2.05, 4.69) is 45.1 Å². The minimum absolute atomic E-state index is 0.0679. The van der Waals surface area contributed by atoms with Crippen molar-refractivity contribution in [2.45, 2.75) is 380 Å². The van der Waals surface area contributed by atoms with Crippen LogP contribution in [0.5, 0.6) is 0 Å². The lowest BCUT2D eigenvalue weighted by Crippen LogP contribution is -2.30. The Balaban J connectivity index is 4.13. The number of hydrogen-bond acceptors (Lipinski definition) is 6. The molecule has 0 aromatic rings. The first-order valence-corrected chi connectivity index (χ1v) is 33.3. The van der Waals surface area contributed by atoms with Crippen molar-refractivity contribution >= 4 is 17.9 Å². The zero-order valence-electron chi connectivity index (χ0n) is 50.1. The largest absolute Gasteiger partial charge is 0.462 e. The van der Waals surface area contributed by atoms with Crippen molar-refractivity contribution in [2.24, 2.45) is 0 Å². The van der Waals surface area contributed by atoms with E-state index in [9.17, 15) is 14.4 Å². The van der Waals surface area contributed by atoms with E-state index in [0.717, 1.165) is 64.2 Å². The van der Waals surface area contributed by atoms with Gasteiger partial charge in [0.2, 0.25) is 0 Å². The van der Waals surface area contributed by atoms with Crippen LogP contribution in [0.3, 0.4) is 0 Å². The molecule has 0 radical (unpaired) electrons. The highest BCUT2D eigenvalue weighted by Gasteiger charge is 2.19. The summed E-state index contributed by atoms with van der Waals surface area (Å²) in [5.41, 5.74) is 0. The fraction of sp³-hybridized carbons (Fsp3) is 0.897. The molecular formula is C68H128O6. The van der Waals surface area contributed by atoms with E-state index >= 15 is 0 Å². The SMILES string of the molecule is CCCCCC/C=C\CCCCCCCC(=O)OCC(COC(=O)CCCCCCCCCCCCCCCCCCC/C=C\CCCCCCCCCC)OC(=O)CCCCCCCCCCCCCCCC. The standard InChI is InChI=1S/C68H128O6/c1-4-7-10-13-16-19-22-25-27-28-29-30-31-32-33-34-35-36-37-38-39-40-41-44-46-49-52-55-58-61-67(70)73-64-65(63-72-66(69)60-57-54-51-48-45-42-24-21-18-15-12-9-6-3)74-68(71)62-59-56-53-50-47-43-26-23-20-17-14-11-8-5-2/h21,24,28-29,65H,4-20,22-23,25-27,30-64H2,1-3H3/b24-21-,29-28-. The molecule has 436 valence electrons. The molecule has 0 aliphatic carbocycles. The van der Waals surface area contributed by atoms with Crippen LogP contribution in [0.25, 0.3) is 0 Å². The molecule has 0 aromatic carbocycles. The van der Waals surface area contributed by atoms with Gasteiger partial charge < -0.3 is 14.2 Å². The molecule has 0 spiro atoms. The Morgan fingerprint density at radius 2 is 0.446 bits per heavy atom. The van der Waals surface area contributed by atoms with Crippen molar-refractivity contribution in [1.29, 1.82) is 0 Å². The van der Waals surface area contributed by atoms with Crippen LogP contribution in [0.4, 0.5) is 0 Å². The number of rotatable bonds is 62. The van der Waals surface area contributed by atoms with Crippen LogP contribution in [0.1, 0.15) is 374 Å². The summed E-state index contributed by atoms with van der Waals surface area (Å²) in [6, 6.07) is 0. The van der Waals surface area contributed by atoms with Gasteiger partial charge in [-0.05, 0) is 70.6 Å². The fourth-order valence-corrected chi connectivity index (χ4v) is 10.1. The molecule has 6 nitrogen and oxygen atoms in total. The summed E-state index contributed by atoms with van der Waals surface area (Å²) in [4.78, 5) is 38.2. The summed E-state index contributed by atoms with van der Waals surface area (Å²) in [5.74, 6) is -0.851. The number of allylic oxidation sites excluding steroid dienone is 4. The maximum absolute atomic E-state index is 12.9. The van der Waals surface area contributed by atoms with Crippen LogP contribution in [-0.2, 0) is 28.6 Å². The third kappa shape index (κ3) is 60.8. The van der Waals surface area contributed by atoms with Crippen molar-refractivity contribution in [3.05, 3.63) is 24.3 Å². The second-order valence-corrected chi connectivity index (χ2v) is 22.7. The molecule has 6 heteroatoms. The van der Waals surface area contributed by atoms with E-state index in [1.54, 1.807) is 0 Å². The molecule has 0 rings (SSSR count). The van der Waals surface area contributed by atoms with E-state index in [0.29, 0.717) is 19.3 Å². The monoisotopic (exact) mass is 1040 g/mol. The molecule has 1 unspecified atom stereocenters. The number of esters is 3. The zero-order valence-corrected chi connectivity index (χ0v) is 50.1. The molecule has 0 N–H and O–H groups in total. The minimum atomic E-state index is -0.770. The van der Waals surface area contributed by atoms with Crippen molar-refractivity contribution in [3.8, 4) is 0 Å². The third-order valence-corrected chi connectivity index (χ3v) is 15.2. The van der Waals surface area contributed by atoms with Crippen LogP contribution in [-0.4, -0.2) is 37.2 Å². The summed E-state index contributed by atoms with van der Waals surface area (Å²) in [6.45, 7) is 6.68. The molecule has 0 saturated carbocycles. The van der Waals surface area contributed by atoms with E-state index in [-0.39, 0.29) is 31.1 Å². The van der Waals surface area contributed by atoms with Crippen molar-refractivity contribution < 1.29 is 28.6 Å². The molecule has 1 atom stereocenters. The summed E-state index contributed by atoms with van der Waals surface area (Å²) >= 11 is 0. The predicted octanol–water partition coefficient (Wildman–Crippen LogP) is 22.6. The van der Waals surface area contributed by atoms with Crippen molar-refractivity contribution in [1.82, 2.24) is 0 Å². The smallest absolute Gasteiger partial charge is 0.306 e. The second kappa shape index (κ2) is 63.4. The molecular weight excluding hydrogens is 913 g/mol. The summed E-state index contributed by atoms with van der Waals surface area (Å²) in [6.07, 6.45) is 76.3. The van der Waals surface area contributed by atoms with Gasteiger partial charge in [-0.2, -0.15) is 0 Å². The second-order valence-electron chi connectivity index (χ2n) is 22.7.